The summed E-state index contributed by atoms with van der Waals surface area (Å²) in [4.78, 5) is 11.5. The van der Waals surface area contributed by atoms with E-state index in [1.54, 1.807) is 6.92 Å². The number of nitrogens with one attached hydrogen (secondary N) is 1. The van der Waals surface area contributed by atoms with Crippen LogP contribution in [0.1, 0.15) is 34.1 Å². The van der Waals surface area contributed by atoms with Crippen molar-refractivity contribution in [2.24, 2.45) is 5.41 Å². The third kappa shape index (κ3) is 2.69. The number of carbonyl (C=O) groups is 1. The zero-order chi connectivity index (χ0) is 10.9. The lowest BCUT2D eigenvalue weighted by Gasteiger charge is -2.27. The fraction of sp³-hybridized carbons (Fsp3) is 0.900. The first-order valence-electron chi connectivity index (χ1n) is 5.05. The number of amides is 1. The van der Waals surface area contributed by atoms with Crippen molar-refractivity contribution in [3.63, 3.8) is 0 Å². The number of β-amino-alcohol motifs (C(OH)–C–C–N with tert-alkyl or cyclic N) is 1. The maximum absolute atomic E-state index is 11.5. The number of nitrogens with zero attached hydrogens (tertiary/aromatic N) is 1. The Hall–Kier alpha value is -0.610. The molecule has 14 heavy (non-hydrogen) atoms. The predicted molar refractivity (Wildman–Crippen MR) is 54.4 cm³/mol. The van der Waals surface area contributed by atoms with Crippen LogP contribution < -0.4 is 5.43 Å². The minimum absolute atomic E-state index is 0.0725. The van der Waals surface area contributed by atoms with Crippen LogP contribution in [0.4, 0.5) is 0 Å². The summed E-state index contributed by atoms with van der Waals surface area (Å²) in [7, 11) is 0. The van der Waals surface area contributed by atoms with Crippen LogP contribution >= 0.6 is 0 Å². The molecule has 1 aliphatic heterocycles. The Morgan fingerprint density at radius 1 is 1.64 bits per heavy atom. The lowest BCUT2D eigenvalue weighted by atomic mass is 9.86. The van der Waals surface area contributed by atoms with Gasteiger partial charge in [-0.25, -0.2) is 5.43 Å². The minimum Gasteiger partial charge on any atom is -0.392 e. The molecule has 1 heterocycles. The van der Waals surface area contributed by atoms with Gasteiger partial charge < -0.3 is 5.11 Å². The van der Waals surface area contributed by atoms with Gasteiger partial charge in [0.15, 0.2) is 0 Å². The lowest BCUT2D eigenvalue weighted by Crippen LogP contribution is -2.45. The van der Waals surface area contributed by atoms with Crippen LogP contribution in [0.2, 0.25) is 0 Å². The monoisotopic (exact) mass is 200 g/mol. The summed E-state index contributed by atoms with van der Waals surface area (Å²) in [6.45, 7) is 8.35. The largest absolute Gasteiger partial charge is 0.392 e. The molecule has 82 valence electrons. The van der Waals surface area contributed by atoms with Crippen LogP contribution in [-0.2, 0) is 4.79 Å². The van der Waals surface area contributed by atoms with Gasteiger partial charge in [0.25, 0.3) is 0 Å². The van der Waals surface area contributed by atoms with E-state index in [2.05, 4.69) is 26.2 Å². The standard InChI is InChI=1S/C10H20N2O2/c1-7(13)6-12-9(14)5-8(11-12)10(2,3)4/h7-8,11,13H,5-6H2,1-4H3. The molecule has 0 aromatic heterocycles. The van der Waals surface area contributed by atoms with E-state index in [1.165, 1.54) is 5.01 Å². The fourth-order valence-corrected chi connectivity index (χ4v) is 1.51. The summed E-state index contributed by atoms with van der Waals surface area (Å²) in [6.07, 6.45) is 0.0427. The Morgan fingerprint density at radius 3 is 2.57 bits per heavy atom. The highest BCUT2D eigenvalue weighted by Crippen LogP contribution is 2.26. The quantitative estimate of drug-likeness (QED) is 0.683. The van der Waals surface area contributed by atoms with Gasteiger partial charge in [0.1, 0.15) is 0 Å². The van der Waals surface area contributed by atoms with Gasteiger partial charge in [-0.05, 0) is 12.3 Å². The number of hydrogen-bond donors (Lipinski definition) is 2. The third-order valence-corrected chi connectivity index (χ3v) is 2.48. The van der Waals surface area contributed by atoms with Crippen molar-refractivity contribution in [3.8, 4) is 0 Å². The van der Waals surface area contributed by atoms with Gasteiger partial charge in [-0.3, -0.25) is 9.80 Å². The fourth-order valence-electron chi connectivity index (χ4n) is 1.51. The number of hydrogen-bond acceptors (Lipinski definition) is 3. The van der Waals surface area contributed by atoms with Crippen molar-refractivity contribution in [1.82, 2.24) is 10.4 Å². The Kier molecular flexibility index (Phi) is 3.17. The van der Waals surface area contributed by atoms with Gasteiger partial charge in [-0.1, -0.05) is 20.8 Å². The van der Waals surface area contributed by atoms with Crippen molar-refractivity contribution in [2.45, 2.75) is 46.3 Å². The van der Waals surface area contributed by atoms with Gasteiger partial charge >= 0.3 is 0 Å². The molecule has 2 atom stereocenters. The van der Waals surface area contributed by atoms with Gasteiger partial charge in [0.2, 0.25) is 5.91 Å². The van der Waals surface area contributed by atoms with E-state index >= 15 is 0 Å². The first-order chi connectivity index (χ1) is 6.30. The van der Waals surface area contributed by atoms with E-state index in [0.29, 0.717) is 13.0 Å². The van der Waals surface area contributed by atoms with Crippen molar-refractivity contribution in [3.05, 3.63) is 0 Å². The third-order valence-electron chi connectivity index (χ3n) is 2.48. The first kappa shape index (κ1) is 11.5. The number of carbonyl (C=O) groups excluding carboxylic acids is 1. The SMILES string of the molecule is CC(O)CN1NC(C(C)(C)C)CC1=O. The normalized spacial score (nSPS) is 25.6. The molecule has 0 aliphatic carbocycles. The summed E-state index contributed by atoms with van der Waals surface area (Å²) in [5.41, 5.74) is 3.21. The Balaban J connectivity index is 2.56. The zero-order valence-corrected chi connectivity index (χ0v) is 9.37. The van der Waals surface area contributed by atoms with Crippen LogP contribution in [0, 0.1) is 5.41 Å². The van der Waals surface area contributed by atoms with Crippen LogP contribution in [0.5, 0.6) is 0 Å². The lowest BCUT2D eigenvalue weighted by molar-refractivity contribution is -0.130. The molecule has 1 fully saturated rings. The second-order valence-electron chi connectivity index (χ2n) is 5.11. The average Bonchev–Trinajstić information content (AvgIpc) is 2.30. The molecule has 4 nitrogen and oxygen atoms in total. The Morgan fingerprint density at radius 2 is 2.21 bits per heavy atom. The molecule has 0 bridgehead atoms. The van der Waals surface area contributed by atoms with Crippen LogP contribution in [0.25, 0.3) is 0 Å². The summed E-state index contributed by atoms with van der Waals surface area (Å²) in [6, 6.07) is 0.175. The van der Waals surface area contributed by atoms with Gasteiger partial charge in [0, 0.05) is 12.5 Å². The van der Waals surface area contributed by atoms with E-state index in [-0.39, 0.29) is 17.4 Å². The van der Waals surface area contributed by atoms with Gasteiger partial charge in [-0.2, -0.15) is 0 Å². The molecule has 2 unspecified atom stereocenters. The number of aliphatic hydroxyl groups excluding tert-OH is 1. The molecule has 1 rings (SSSR count). The van der Waals surface area contributed by atoms with E-state index in [4.69, 9.17) is 0 Å². The summed E-state index contributed by atoms with van der Waals surface area (Å²) >= 11 is 0. The minimum atomic E-state index is -0.481. The molecule has 0 spiro atoms. The topological polar surface area (TPSA) is 52.6 Å². The molecule has 1 amide bonds. The molecule has 1 aliphatic rings. The molecule has 0 saturated carbocycles. The molecule has 0 aromatic rings. The Labute approximate surface area is 85.3 Å². The predicted octanol–water partition coefficient (Wildman–Crippen LogP) is 0.519. The molecular formula is C10H20N2O2. The van der Waals surface area contributed by atoms with E-state index < -0.39 is 6.10 Å². The molecule has 1 saturated heterocycles. The summed E-state index contributed by atoms with van der Waals surface area (Å²) < 4.78 is 0. The van der Waals surface area contributed by atoms with E-state index in [9.17, 15) is 9.90 Å². The molecule has 2 N–H and O–H groups in total. The number of rotatable bonds is 2. The summed E-state index contributed by atoms with van der Waals surface area (Å²) in [5, 5.41) is 10.7. The van der Waals surface area contributed by atoms with Crippen LogP contribution in [0.15, 0.2) is 0 Å². The Bertz CT molecular complexity index is 221. The van der Waals surface area contributed by atoms with Gasteiger partial charge in [-0.15, -0.1) is 0 Å². The van der Waals surface area contributed by atoms with Crippen molar-refractivity contribution in [2.75, 3.05) is 6.54 Å². The van der Waals surface area contributed by atoms with Crippen LogP contribution in [-0.4, -0.2) is 34.7 Å². The van der Waals surface area contributed by atoms with Crippen molar-refractivity contribution < 1.29 is 9.90 Å². The maximum Gasteiger partial charge on any atom is 0.238 e. The molecule has 0 radical (unpaired) electrons. The summed E-state index contributed by atoms with van der Waals surface area (Å²) in [5.74, 6) is 0.0748. The molecule has 4 heteroatoms. The van der Waals surface area contributed by atoms with Crippen LogP contribution in [0.3, 0.4) is 0 Å². The number of aliphatic hydroxyl groups is 1. The van der Waals surface area contributed by atoms with Crippen molar-refractivity contribution in [1.29, 1.82) is 0 Å². The number of hydrazine groups is 1. The molecular weight excluding hydrogens is 180 g/mol. The van der Waals surface area contributed by atoms with Gasteiger partial charge in [0.05, 0.1) is 12.6 Å². The maximum atomic E-state index is 11.5. The molecule has 0 aromatic carbocycles. The average molecular weight is 200 g/mol. The van der Waals surface area contributed by atoms with E-state index in [1.807, 2.05) is 0 Å². The highest BCUT2D eigenvalue weighted by molar-refractivity contribution is 5.78. The van der Waals surface area contributed by atoms with E-state index in [0.717, 1.165) is 0 Å². The second kappa shape index (κ2) is 3.87. The zero-order valence-electron chi connectivity index (χ0n) is 9.37. The highest BCUT2D eigenvalue weighted by Gasteiger charge is 2.36. The van der Waals surface area contributed by atoms with Crippen molar-refractivity contribution >= 4 is 5.91 Å². The first-order valence-corrected chi connectivity index (χ1v) is 5.05. The highest BCUT2D eigenvalue weighted by atomic mass is 16.3. The second-order valence-corrected chi connectivity index (χ2v) is 5.11. The smallest absolute Gasteiger partial charge is 0.238 e.